The van der Waals surface area contributed by atoms with E-state index in [1.807, 2.05) is 66.7 Å². The van der Waals surface area contributed by atoms with Crippen LogP contribution in [0.25, 0.3) is 78.0 Å². The topological polar surface area (TPSA) is 51.8 Å². The molecule has 0 N–H and O–H groups in total. The van der Waals surface area contributed by atoms with Gasteiger partial charge in [0.25, 0.3) is 0 Å². The van der Waals surface area contributed by atoms with Crippen molar-refractivity contribution in [1.29, 1.82) is 0 Å². The predicted octanol–water partition coefficient (Wildman–Crippen LogP) is 10.2. The van der Waals surface area contributed by atoms with E-state index in [1.54, 1.807) is 0 Å². The van der Waals surface area contributed by atoms with E-state index in [1.165, 1.54) is 10.8 Å². The van der Waals surface area contributed by atoms with Gasteiger partial charge in [0.15, 0.2) is 17.5 Å². The molecule has 42 heavy (non-hydrogen) atoms. The minimum Gasteiger partial charge on any atom is -0.456 e. The molecule has 6 aromatic carbocycles. The molecule has 4 nitrogen and oxygen atoms in total. The Morgan fingerprint density at radius 2 is 1.07 bits per heavy atom. The number of para-hydroxylation sites is 1. The van der Waals surface area contributed by atoms with Crippen molar-refractivity contribution in [2.45, 2.75) is 0 Å². The Morgan fingerprint density at radius 1 is 0.452 bits per heavy atom. The molecule has 0 fully saturated rings. The van der Waals surface area contributed by atoms with Gasteiger partial charge in [-0.25, -0.2) is 15.0 Å². The van der Waals surface area contributed by atoms with Crippen LogP contribution in [0.5, 0.6) is 0 Å². The zero-order chi connectivity index (χ0) is 28.0. The third-order valence-electron chi connectivity index (χ3n) is 7.58. The Hall–Kier alpha value is -5.32. The maximum atomic E-state index is 6.60. The first-order chi connectivity index (χ1) is 20.7. The Kier molecular flexibility index (Phi) is 5.80. The number of aromatic nitrogens is 3. The van der Waals surface area contributed by atoms with Crippen LogP contribution in [0.2, 0.25) is 5.02 Å². The largest absolute Gasteiger partial charge is 0.456 e. The summed E-state index contributed by atoms with van der Waals surface area (Å²) in [5.74, 6) is 1.72. The van der Waals surface area contributed by atoms with E-state index in [0.717, 1.165) is 44.2 Å². The third kappa shape index (κ3) is 4.30. The quantitative estimate of drug-likeness (QED) is 0.215. The fourth-order valence-corrected chi connectivity index (χ4v) is 5.73. The van der Waals surface area contributed by atoms with Gasteiger partial charge in [-0.1, -0.05) is 121 Å². The summed E-state index contributed by atoms with van der Waals surface area (Å²) >= 11 is 6.60. The summed E-state index contributed by atoms with van der Waals surface area (Å²) in [5, 5.41) is 4.91. The van der Waals surface area contributed by atoms with E-state index in [9.17, 15) is 0 Å². The van der Waals surface area contributed by atoms with E-state index in [2.05, 4.69) is 66.7 Å². The Bertz CT molecular complexity index is 2260. The van der Waals surface area contributed by atoms with Crippen molar-refractivity contribution in [3.8, 4) is 45.3 Å². The van der Waals surface area contributed by atoms with Gasteiger partial charge in [0.1, 0.15) is 11.2 Å². The van der Waals surface area contributed by atoms with Gasteiger partial charge < -0.3 is 4.42 Å². The van der Waals surface area contributed by atoms with E-state index >= 15 is 0 Å². The molecule has 0 unspecified atom stereocenters. The molecule has 0 bridgehead atoms. The summed E-state index contributed by atoms with van der Waals surface area (Å²) < 4.78 is 6.15. The first-order valence-corrected chi connectivity index (χ1v) is 14.1. The van der Waals surface area contributed by atoms with Crippen LogP contribution in [0.15, 0.2) is 138 Å². The van der Waals surface area contributed by atoms with Gasteiger partial charge >= 0.3 is 0 Å². The summed E-state index contributed by atoms with van der Waals surface area (Å²) in [6.07, 6.45) is 0. The standard InChI is InChI=1S/C37H22ClN3O/c38-29-21-31(34-30-12-6-7-13-32(30)42-33(34)22-29)37-40-35(25-9-2-1-3-10-25)39-36(41-37)26-17-14-24(15-18-26)28-19-16-23-8-4-5-11-27(23)20-28/h1-22H. The van der Waals surface area contributed by atoms with Gasteiger partial charge in [-0.05, 0) is 40.1 Å². The van der Waals surface area contributed by atoms with Crippen LogP contribution in [0.4, 0.5) is 0 Å². The monoisotopic (exact) mass is 559 g/mol. The molecule has 8 rings (SSSR count). The lowest BCUT2D eigenvalue weighted by Crippen LogP contribution is -2.00. The van der Waals surface area contributed by atoms with Crippen LogP contribution in [0.1, 0.15) is 0 Å². The van der Waals surface area contributed by atoms with Gasteiger partial charge in [-0.2, -0.15) is 0 Å². The lowest BCUT2D eigenvalue weighted by atomic mass is 10.00. The van der Waals surface area contributed by atoms with Crippen molar-refractivity contribution >= 4 is 44.3 Å². The van der Waals surface area contributed by atoms with Crippen LogP contribution < -0.4 is 0 Å². The molecule has 8 aromatic rings. The summed E-state index contributed by atoms with van der Waals surface area (Å²) in [7, 11) is 0. The molecule has 0 saturated carbocycles. The molecule has 2 aromatic heterocycles. The van der Waals surface area contributed by atoms with Crippen molar-refractivity contribution in [3.63, 3.8) is 0 Å². The smallest absolute Gasteiger partial charge is 0.164 e. The number of nitrogens with zero attached hydrogens (tertiary/aromatic N) is 3. The third-order valence-corrected chi connectivity index (χ3v) is 7.80. The Balaban J connectivity index is 1.29. The highest BCUT2D eigenvalue weighted by Gasteiger charge is 2.19. The van der Waals surface area contributed by atoms with Crippen LogP contribution in [0, 0.1) is 0 Å². The molecule has 5 heteroatoms. The van der Waals surface area contributed by atoms with Crippen LogP contribution in [-0.2, 0) is 0 Å². The fraction of sp³-hybridized carbons (Fsp3) is 0. The number of benzene rings is 6. The minimum absolute atomic E-state index is 0.538. The molecule has 198 valence electrons. The first-order valence-electron chi connectivity index (χ1n) is 13.7. The highest BCUT2D eigenvalue weighted by atomic mass is 35.5. The molecule has 0 amide bonds. The van der Waals surface area contributed by atoms with Crippen LogP contribution in [-0.4, -0.2) is 15.0 Å². The number of halogens is 1. The van der Waals surface area contributed by atoms with Gasteiger partial charge in [0, 0.05) is 38.6 Å². The Labute approximate surface area is 246 Å². The summed E-state index contributed by atoms with van der Waals surface area (Å²) in [5.41, 5.74) is 6.38. The second-order valence-corrected chi connectivity index (χ2v) is 10.7. The number of furan rings is 1. The molecule has 0 aliphatic heterocycles. The molecule has 0 aliphatic carbocycles. The van der Waals surface area contributed by atoms with Gasteiger partial charge in [0.2, 0.25) is 0 Å². The number of hydrogen-bond donors (Lipinski definition) is 0. The maximum Gasteiger partial charge on any atom is 0.164 e. The minimum atomic E-state index is 0.538. The number of rotatable bonds is 4. The van der Waals surface area contributed by atoms with E-state index in [-0.39, 0.29) is 0 Å². The zero-order valence-electron chi connectivity index (χ0n) is 22.3. The molecule has 0 atom stereocenters. The van der Waals surface area contributed by atoms with Gasteiger partial charge in [-0.3, -0.25) is 0 Å². The maximum absolute atomic E-state index is 6.60. The number of fused-ring (bicyclic) bond motifs is 4. The Morgan fingerprint density at radius 3 is 1.88 bits per heavy atom. The van der Waals surface area contributed by atoms with Crippen molar-refractivity contribution < 1.29 is 4.42 Å². The summed E-state index contributed by atoms with van der Waals surface area (Å²) in [4.78, 5) is 14.9. The second kappa shape index (κ2) is 9.95. The number of hydrogen-bond acceptors (Lipinski definition) is 4. The zero-order valence-corrected chi connectivity index (χ0v) is 23.1. The van der Waals surface area contributed by atoms with E-state index in [0.29, 0.717) is 28.1 Å². The summed E-state index contributed by atoms with van der Waals surface area (Å²) in [6, 6.07) is 45.0. The molecule has 0 spiro atoms. The second-order valence-electron chi connectivity index (χ2n) is 10.2. The van der Waals surface area contributed by atoms with Gasteiger partial charge in [-0.15, -0.1) is 0 Å². The average Bonchev–Trinajstić information content (AvgIpc) is 3.42. The highest BCUT2D eigenvalue weighted by molar-refractivity contribution is 6.32. The highest BCUT2D eigenvalue weighted by Crippen LogP contribution is 2.38. The lowest BCUT2D eigenvalue weighted by Gasteiger charge is -2.10. The molecule has 2 heterocycles. The lowest BCUT2D eigenvalue weighted by molar-refractivity contribution is 0.669. The van der Waals surface area contributed by atoms with Crippen LogP contribution >= 0.6 is 11.6 Å². The van der Waals surface area contributed by atoms with Crippen molar-refractivity contribution in [3.05, 3.63) is 138 Å². The average molecular weight is 560 g/mol. The SMILES string of the molecule is Clc1cc(-c2nc(-c3ccccc3)nc(-c3ccc(-c4ccc5ccccc5c4)cc3)n2)c2c(c1)oc1ccccc12. The van der Waals surface area contributed by atoms with Crippen molar-refractivity contribution in [1.82, 2.24) is 15.0 Å². The van der Waals surface area contributed by atoms with E-state index < -0.39 is 0 Å². The van der Waals surface area contributed by atoms with Gasteiger partial charge in [0.05, 0.1) is 0 Å². The predicted molar refractivity (Wildman–Crippen MR) is 171 cm³/mol. The molecule has 0 aliphatic rings. The van der Waals surface area contributed by atoms with Crippen LogP contribution in [0.3, 0.4) is 0 Å². The summed E-state index contributed by atoms with van der Waals surface area (Å²) in [6.45, 7) is 0. The van der Waals surface area contributed by atoms with Crippen molar-refractivity contribution in [2.75, 3.05) is 0 Å². The molecule has 0 saturated heterocycles. The molecular formula is C37H22ClN3O. The normalized spacial score (nSPS) is 11.5. The molecule has 0 radical (unpaired) electrons. The molecular weight excluding hydrogens is 538 g/mol. The van der Waals surface area contributed by atoms with E-state index in [4.69, 9.17) is 31.0 Å². The first kappa shape index (κ1) is 24.5. The van der Waals surface area contributed by atoms with Crippen molar-refractivity contribution in [2.24, 2.45) is 0 Å². The fourth-order valence-electron chi connectivity index (χ4n) is 5.52.